The summed E-state index contributed by atoms with van der Waals surface area (Å²) < 4.78 is 0. The molecule has 0 saturated heterocycles. The standard InChI is InChI=1S/C14H26O/c1-10(2)13-5-7-14(8-6-13,11(3)4)12(15)9-13/h10-12,15H,5-9H2,1-4H3. The van der Waals surface area contributed by atoms with Crippen molar-refractivity contribution in [1.82, 2.24) is 0 Å². The van der Waals surface area contributed by atoms with E-state index in [9.17, 15) is 5.11 Å². The molecular formula is C14H26O. The lowest BCUT2D eigenvalue weighted by Gasteiger charge is -2.59. The Kier molecular flexibility index (Phi) is 2.65. The molecule has 0 heterocycles. The Balaban J connectivity index is 2.23. The molecule has 0 aromatic carbocycles. The molecule has 3 aliphatic rings. The molecule has 3 fully saturated rings. The molecule has 1 unspecified atom stereocenters. The minimum atomic E-state index is -0.0394. The molecule has 0 aromatic heterocycles. The molecule has 0 aromatic rings. The molecule has 1 heteroatoms. The second-order valence-electron chi connectivity index (χ2n) is 6.62. The fourth-order valence-corrected chi connectivity index (χ4v) is 4.11. The Labute approximate surface area is 94.3 Å². The van der Waals surface area contributed by atoms with Gasteiger partial charge in [0.15, 0.2) is 0 Å². The van der Waals surface area contributed by atoms with Gasteiger partial charge in [-0.1, -0.05) is 27.7 Å². The van der Waals surface area contributed by atoms with E-state index in [2.05, 4.69) is 27.7 Å². The molecular weight excluding hydrogens is 184 g/mol. The first-order chi connectivity index (χ1) is 6.93. The predicted octanol–water partition coefficient (Wildman–Crippen LogP) is 3.61. The van der Waals surface area contributed by atoms with Crippen molar-refractivity contribution >= 4 is 0 Å². The molecule has 0 spiro atoms. The van der Waals surface area contributed by atoms with E-state index < -0.39 is 0 Å². The van der Waals surface area contributed by atoms with Crippen LogP contribution in [0.15, 0.2) is 0 Å². The van der Waals surface area contributed by atoms with Crippen molar-refractivity contribution in [3.63, 3.8) is 0 Å². The zero-order chi connectivity index (χ0) is 11.3. The van der Waals surface area contributed by atoms with Gasteiger partial charge in [0.2, 0.25) is 0 Å². The van der Waals surface area contributed by atoms with Crippen LogP contribution in [0.2, 0.25) is 0 Å². The largest absolute Gasteiger partial charge is 0.393 e. The summed E-state index contributed by atoms with van der Waals surface area (Å²) in [6.07, 6.45) is 6.22. The van der Waals surface area contributed by atoms with E-state index >= 15 is 0 Å². The summed E-state index contributed by atoms with van der Waals surface area (Å²) >= 11 is 0. The third-order valence-electron chi connectivity index (χ3n) is 5.81. The lowest BCUT2D eigenvalue weighted by Crippen LogP contribution is -2.55. The van der Waals surface area contributed by atoms with Crippen LogP contribution in [-0.2, 0) is 0 Å². The Morgan fingerprint density at radius 3 is 1.80 bits per heavy atom. The van der Waals surface area contributed by atoms with Crippen molar-refractivity contribution in [3.8, 4) is 0 Å². The van der Waals surface area contributed by atoms with Crippen LogP contribution in [0, 0.1) is 22.7 Å². The summed E-state index contributed by atoms with van der Waals surface area (Å²) in [6.45, 7) is 9.24. The highest BCUT2D eigenvalue weighted by Crippen LogP contribution is 2.62. The summed E-state index contributed by atoms with van der Waals surface area (Å²) in [6, 6.07) is 0. The minimum Gasteiger partial charge on any atom is -0.393 e. The van der Waals surface area contributed by atoms with Crippen molar-refractivity contribution in [2.45, 2.75) is 65.9 Å². The van der Waals surface area contributed by atoms with Crippen molar-refractivity contribution in [1.29, 1.82) is 0 Å². The maximum atomic E-state index is 10.4. The van der Waals surface area contributed by atoms with Crippen LogP contribution in [0.4, 0.5) is 0 Å². The number of hydrogen-bond acceptors (Lipinski definition) is 1. The number of fused-ring (bicyclic) bond motifs is 3. The van der Waals surface area contributed by atoms with E-state index in [1.165, 1.54) is 25.7 Å². The highest BCUT2D eigenvalue weighted by Gasteiger charge is 2.55. The van der Waals surface area contributed by atoms with Gasteiger partial charge < -0.3 is 5.11 Å². The van der Waals surface area contributed by atoms with Gasteiger partial charge in [0.25, 0.3) is 0 Å². The molecule has 1 atom stereocenters. The summed E-state index contributed by atoms with van der Waals surface area (Å²) in [5.74, 6) is 1.37. The number of hydrogen-bond donors (Lipinski definition) is 1. The van der Waals surface area contributed by atoms with E-state index in [0.29, 0.717) is 11.3 Å². The molecule has 1 nitrogen and oxygen atoms in total. The van der Waals surface area contributed by atoms with Crippen molar-refractivity contribution in [2.75, 3.05) is 0 Å². The fourth-order valence-electron chi connectivity index (χ4n) is 4.11. The van der Waals surface area contributed by atoms with Crippen LogP contribution in [0.25, 0.3) is 0 Å². The summed E-state index contributed by atoms with van der Waals surface area (Å²) in [5.41, 5.74) is 0.729. The first kappa shape index (κ1) is 11.4. The molecule has 15 heavy (non-hydrogen) atoms. The maximum absolute atomic E-state index is 10.4. The van der Waals surface area contributed by atoms with Crippen molar-refractivity contribution in [3.05, 3.63) is 0 Å². The lowest BCUT2D eigenvalue weighted by molar-refractivity contribution is -0.152. The minimum absolute atomic E-state index is 0.0394. The van der Waals surface area contributed by atoms with E-state index in [4.69, 9.17) is 0 Å². The first-order valence-electron chi connectivity index (χ1n) is 6.61. The van der Waals surface area contributed by atoms with Crippen LogP contribution in [0.1, 0.15) is 59.8 Å². The van der Waals surface area contributed by atoms with Crippen LogP contribution in [0.3, 0.4) is 0 Å². The van der Waals surface area contributed by atoms with Crippen LogP contribution < -0.4 is 0 Å². The molecule has 1 N–H and O–H groups in total. The average Bonchev–Trinajstić information content (AvgIpc) is 2.18. The molecule has 2 bridgehead atoms. The Morgan fingerprint density at radius 1 is 0.933 bits per heavy atom. The normalized spacial score (nSPS) is 45.4. The molecule has 88 valence electrons. The van der Waals surface area contributed by atoms with Gasteiger partial charge in [0.1, 0.15) is 0 Å². The third-order valence-corrected chi connectivity index (χ3v) is 5.81. The Bertz CT molecular complexity index is 234. The molecule has 0 radical (unpaired) electrons. The second-order valence-corrected chi connectivity index (χ2v) is 6.62. The van der Waals surface area contributed by atoms with E-state index in [1.807, 2.05) is 0 Å². The highest BCUT2D eigenvalue weighted by atomic mass is 16.3. The molecule has 3 rings (SSSR count). The van der Waals surface area contributed by atoms with E-state index in [0.717, 1.165) is 12.3 Å². The first-order valence-corrected chi connectivity index (χ1v) is 6.61. The topological polar surface area (TPSA) is 20.2 Å². The predicted molar refractivity (Wildman–Crippen MR) is 63.6 cm³/mol. The second kappa shape index (κ2) is 3.48. The number of rotatable bonds is 2. The number of aliphatic hydroxyl groups excluding tert-OH is 1. The SMILES string of the molecule is CC(C)C12CCC(C(C)C)(CC1)C(O)C2. The van der Waals surface area contributed by atoms with Gasteiger partial charge in [0, 0.05) is 0 Å². The number of aliphatic hydroxyl groups is 1. The monoisotopic (exact) mass is 210 g/mol. The smallest absolute Gasteiger partial charge is 0.0604 e. The Morgan fingerprint density at radius 2 is 1.47 bits per heavy atom. The molecule has 3 aliphatic carbocycles. The Hall–Kier alpha value is -0.0400. The molecule has 0 aliphatic heterocycles. The third kappa shape index (κ3) is 1.46. The van der Waals surface area contributed by atoms with Gasteiger partial charge in [-0.25, -0.2) is 0 Å². The summed E-state index contributed by atoms with van der Waals surface area (Å²) in [4.78, 5) is 0. The van der Waals surface area contributed by atoms with Crippen LogP contribution in [-0.4, -0.2) is 11.2 Å². The highest BCUT2D eigenvalue weighted by molar-refractivity contribution is 5.06. The molecule has 0 amide bonds. The lowest BCUT2D eigenvalue weighted by atomic mass is 9.47. The maximum Gasteiger partial charge on any atom is 0.0604 e. The quantitative estimate of drug-likeness (QED) is 0.738. The van der Waals surface area contributed by atoms with Crippen molar-refractivity contribution < 1.29 is 5.11 Å². The average molecular weight is 210 g/mol. The van der Waals surface area contributed by atoms with E-state index in [-0.39, 0.29) is 11.5 Å². The zero-order valence-corrected chi connectivity index (χ0v) is 10.7. The summed E-state index contributed by atoms with van der Waals surface area (Å²) in [7, 11) is 0. The zero-order valence-electron chi connectivity index (χ0n) is 10.7. The summed E-state index contributed by atoms with van der Waals surface area (Å²) in [5, 5.41) is 10.4. The van der Waals surface area contributed by atoms with Crippen LogP contribution in [0.5, 0.6) is 0 Å². The van der Waals surface area contributed by atoms with Gasteiger partial charge >= 0.3 is 0 Å². The van der Waals surface area contributed by atoms with Gasteiger partial charge in [0.05, 0.1) is 6.10 Å². The van der Waals surface area contributed by atoms with E-state index in [1.54, 1.807) is 0 Å². The van der Waals surface area contributed by atoms with Gasteiger partial charge in [-0.05, 0) is 54.8 Å². The van der Waals surface area contributed by atoms with Gasteiger partial charge in [-0.15, -0.1) is 0 Å². The fraction of sp³-hybridized carbons (Fsp3) is 1.00. The molecule has 3 saturated carbocycles. The van der Waals surface area contributed by atoms with Crippen LogP contribution >= 0.6 is 0 Å². The van der Waals surface area contributed by atoms with Crippen molar-refractivity contribution in [2.24, 2.45) is 22.7 Å². The van der Waals surface area contributed by atoms with Gasteiger partial charge in [-0.3, -0.25) is 0 Å². The van der Waals surface area contributed by atoms with Gasteiger partial charge in [-0.2, -0.15) is 0 Å².